The molecule has 0 aromatic rings. The maximum Gasteiger partial charge on any atom is 0.370 e. The lowest BCUT2D eigenvalue weighted by Gasteiger charge is -2.36. The molecule has 0 amide bonds. The summed E-state index contributed by atoms with van der Waals surface area (Å²) < 4.78 is 11.8. The molecule has 136 valence electrons. The second-order valence-corrected chi connectivity index (χ2v) is 12.5. The van der Waals surface area contributed by atoms with Crippen molar-refractivity contribution in [2.75, 3.05) is 13.2 Å². The van der Waals surface area contributed by atoms with Crippen LogP contribution >= 0.6 is 0 Å². The molecule has 0 saturated carbocycles. The van der Waals surface area contributed by atoms with Gasteiger partial charge in [-0.15, -0.1) is 0 Å². The molecule has 1 aliphatic rings. The highest BCUT2D eigenvalue weighted by Crippen LogP contribution is 2.36. The summed E-state index contributed by atoms with van der Waals surface area (Å²) in [5.41, 5.74) is -1.07. The van der Waals surface area contributed by atoms with Gasteiger partial charge in [0.05, 0.1) is 11.5 Å². The first-order chi connectivity index (χ1) is 10.9. The zero-order chi connectivity index (χ0) is 18.6. The summed E-state index contributed by atoms with van der Waals surface area (Å²) in [5, 5.41) is 11.8. The molecule has 0 radical (unpaired) electrons. The van der Waals surface area contributed by atoms with Gasteiger partial charge in [-0.25, -0.2) is 0 Å². The van der Waals surface area contributed by atoms with Crippen LogP contribution in [0.2, 0.25) is 18.1 Å². The number of nitrogens with zero attached hydrogens (tertiary/aromatic N) is 2. The molecule has 2 atom stereocenters. The zero-order valence-corrected chi connectivity index (χ0v) is 16.7. The normalized spacial score (nSPS) is 24.2. The Balaban J connectivity index is 2.64. The number of nitro groups is 1. The molecule has 0 N–H and O–H groups in total. The molecule has 0 aliphatic carbocycles. The van der Waals surface area contributed by atoms with Crippen molar-refractivity contribution >= 4 is 14.5 Å². The minimum absolute atomic E-state index is 0.141. The second-order valence-electron chi connectivity index (χ2n) is 7.73. The monoisotopic (exact) mass is 354 g/mol. The molecular weight excluding hydrogens is 324 g/mol. The van der Waals surface area contributed by atoms with Gasteiger partial charge in [0.25, 0.3) is 0 Å². The molecule has 7 heteroatoms. The summed E-state index contributed by atoms with van der Waals surface area (Å²) in [7, 11) is -1.81. The molecule has 0 bridgehead atoms. The summed E-state index contributed by atoms with van der Waals surface area (Å²) in [6, 6.07) is -0.709. The van der Waals surface area contributed by atoms with Crippen molar-refractivity contribution < 1.29 is 14.1 Å². The van der Waals surface area contributed by atoms with Crippen molar-refractivity contribution in [3.8, 4) is 0 Å². The fraction of sp³-hybridized carbons (Fsp3) is 0.706. The molecule has 0 fully saturated rings. The van der Waals surface area contributed by atoms with E-state index in [4.69, 9.17) is 9.16 Å². The minimum Gasteiger partial charge on any atom is -0.417 e. The topological polar surface area (TPSA) is 74.0 Å². The molecule has 0 aromatic heterocycles. The number of hydrogen-bond acceptors (Lipinski definition) is 5. The Kier molecular flexibility index (Phi) is 6.66. The lowest BCUT2D eigenvalue weighted by molar-refractivity contribution is -0.615. The summed E-state index contributed by atoms with van der Waals surface area (Å²) in [6.45, 7) is 17.2. The van der Waals surface area contributed by atoms with Crippen LogP contribution < -0.4 is 0 Å². The lowest BCUT2D eigenvalue weighted by atomic mass is 9.96. The van der Waals surface area contributed by atoms with E-state index >= 15 is 0 Å². The first kappa shape index (κ1) is 20.7. The van der Waals surface area contributed by atoms with Crippen LogP contribution in [0.1, 0.15) is 34.1 Å². The average molecular weight is 355 g/mol. The molecule has 1 aliphatic heterocycles. The Bertz CT molecular complexity index is 537. The van der Waals surface area contributed by atoms with Crippen molar-refractivity contribution in [1.29, 1.82) is 0 Å². The summed E-state index contributed by atoms with van der Waals surface area (Å²) in [4.78, 5) is 15.4. The molecule has 6 nitrogen and oxygen atoms in total. The van der Waals surface area contributed by atoms with E-state index in [0.29, 0.717) is 18.6 Å². The van der Waals surface area contributed by atoms with Crippen LogP contribution in [-0.4, -0.2) is 44.4 Å². The number of rotatable bonds is 8. The van der Waals surface area contributed by atoms with Crippen molar-refractivity contribution in [3.63, 3.8) is 0 Å². The molecule has 0 saturated heterocycles. The smallest absolute Gasteiger partial charge is 0.370 e. The molecule has 0 aromatic carbocycles. The fourth-order valence-electron chi connectivity index (χ4n) is 2.17. The predicted molar refractivity (Wildman–Crippen MR) is 99.7 cm³/mol. The quantitative estimate of drug-likeness (QED) is 0.165. The minimum atomic E-state index is -1.81. The third-order valence-electron chi connectivity index (χ3n) is 4.69. The van der Waals surface area contributed by atoms with Crippen LogP contribution in [0.3, 0.4) is 0 Å². The molecular formula is C17H30N2O4Si. The third-order valence-corrected chi connectivity index (χ3v) is 9.23. The number of ether oxygens (including phenoxy) is 1. The largest absolute Gasteiger partial charge is 0.417 e. The second kappa shape index (κ2) is 7.71. The Morgan fingerprint density at radius 2 is 2.04 bits per heavy atom. The summed E-state index contributed by atoms with van der Waals surface area (Å²) >= 11 is 0. The van der Waals surface area contributed by atoms with Gasteiger partial charge < -0.3 is 9.16 Å². The number of allylic oxidation sites excluding steroid dienone is 1. The van der Waals surface area contributed by atoms with E-state index in [2.05, 4.69) is 45.4 Å². The van der Waals surface area contributed by atoms with Gasteiger partial charge in [-0.3, -0.25) is 15.1 Å². The highest BCUT2D eigenvalue weighted by molar-refractivity contribution is 6.74. The van der Waals surface area contributed by atoms with Crippen LogP contribution in [0.25, 0.3) is 0 Å². The van der Waals surface area contributed by atoms with E-state index in [-0.39, 0.29) is 11.6 Å². The van der Waals surface area contributed by atoms with Gasteiger partial charge in [-0.2, -0.15) is 0 Å². The van der Waals surface area contributed by atoms with Gasteiger partial charge in [0.1, 0.15) is 0 Å². The number of dihydropyridines is 1. The fourth-order valence-corrected chi connectivity index (χ4v) is 3.26. The predicted octanol–water partition coefficient (Wildman–Crippen LogP) is 3.97. The highest BCUT2D eigenvalue weighted by Gasteiger charge is 2.51. The number of aliphatic imine (C=N–C) groups is 1. The Hall–Kier alpha value is -1.31. The van der Waals surface area contributed by atoms with Gasteiger partial charge in [0.2, 0.25) is 0 Å². The zero-order valence-electron chi connectivity index (χ0n) is 15.7. The van der Waals surface area contributed by atoms with E-state index in [1.54, 1.807) is 19.2 Å². The number of hydrogen-bond donors (Lipinski definition) is 0. The molecule has 0 spiro atoms. The van der Waals surface area contributed by atoms with Gasteiger partial charge in [0.15, 0.2) is 14.4 Å². The van der Waals surface area contributed by atoms with Gasteiger partial charge in [0, 0.05) is 18.9 Å². The first-order valence-electron chi connectivity index (χ1n) is 8.23. The van der Waals surface area contributed by atoms with Crippen LogP contribution in [0.4, 0.5) is 0 Å². The van der Waals surface area contributed by atoms with Gasteiger partial charge in [-0.1, -0.05) is 27.4 Å². The lowest BCUT2D eigenvalue weighted by Crippen LogP contribution is -2.51. The van der Waals surface area contributed by atoms with Gasteiger partial charge in [-0.05, 0) is 43.1 Å². The van der Waals surface area contributed by atoms with Crippen molar-refractivity contribution in [1.82, 2.24) is 0 Å². The van der Waals surface area contributed by atoms with E-state index in [9.17, 15) is 10.1 Å². The molecule has 24 heavy (non-hydrogen) atoms. The Labute approximate surface area is 145 Å². The Morgan fingerprint density at radius 1 is 1.42 bits per heavy atom. The SMILES string of the molecule is C=C(C)C1N=CC=CC1(OCCCO[Si](C)(C)C(C)(C)C)[N+](=O)[O-]. The van der Waals surface area contributed by atoms with Crippen LogP contribution in [0.5, 0.6) is 0 Å². The highest BCUT2D eigenvalue weighted by atomic mass is 28.4. The first-order valence-corrected chi connectivity index (χ1v) is 11.1. The van der Waals surface area contributed by atoms with Crippen LogP contribution in [-0.2, 0) is 9.16 Å². The van der Waals surface area contributed by atoms with Crippen LogP contribution in [0, 0.1) is 10.1 Å². The maximum absolute atomic E-state index is 11.6. The van der Waals surface area contributed by atoms with Crippen molar-refractivity contribution in [2.24, 2.45) is 4.99 Å². The Morgan fingerprint density at radius 3 is 2.54 bits per heavy atom. The summed E-state index contributed by atoms with van der Waals surface area (Å²) in [5.74, 6) is 0. The van der Waals surface area contributed by atoms with E-state index in [1.807, 2.05) is 0 Å². The van der Waals surface area contributed by atoms with Crippen LogP contribution in [0.15, 0.2) is 29.3 Å². The molecule has 1 heterocycles. The maximum atomic E-state index is 11.6. The van der Waals surface area contributed by atoms with E-state index < -0.39 is 25.0 Å². The van der Waals surface area contributed by atoms with Crippen molar-refractivity contribution in [3.05, 3.63) is 34.4 Å². The van der Waals surface area contributed by atoms with E-state index in [1.165, 1.54) is 6.08 Å². The third kappa shape index (κ3) is 4.61. The van der Waals surface area contributed by atoms with Crippen molar-refractivity contribution in [2.45, 2.75) is 64.0 Å². The standard InChI is InChI=1S/C17H30N2O4Si/c1-14(2)15-17(19(20)21,10-8-11-18-15)22-12-9-13-23-24(6,7)16(3,4)5/h8,10-11,15H,1,9,12-13H2,2-7H3. The molecule has 2 unspecified atom stereocenters. The molecule has 1 rings (SSSR count). The average Bonchev–Trinajstić information content (AvgIpc) is 2.45. The van der Waals surface area contributed by atoms with Gasteiger partial charge >= 0.3 is 5.72 Å². The van der Waals surface area contributed by atoms with E-state index in [0.717, 1.165) is 0 Å². The summed E-state index contributed by atoms with van der Waals surface area (Å²) in [6.07, 6.45) is 5.15.